The van der Waals surface area contributed by atoms with Gasteiger partial charge in [0.15, 0.2) is 34.5 Å². The van der Waals surface area contributed by atoms with Gasteiger partial charge in [0, 0.05) is 12.5 Å². The van der Waals surface area contributed by atoms with Crippen LogP contribution in [0.2, 0.25) is 0 Å². The molecule has 3 aromatic rings. The van der Waals surface area contributed by atoms with Crippen LogP contribution in [0.25, 0.3) is 12.2 Å². The van der Waals surface area contributed by atoms with E-state index in [9.17, 15) is 50.1 Å². The van der Waals surface area contributed by atoms with Crippen LogP contribution in [0.5, 0.6) is 34.5 Å². The first kappa shape index (κ1) is 27.9. The fourth-order valence-corrected chi connectivity index (χ4v) is 3.18. The number of carbonyl (C=O) groups excluding carboxylic acids is 1. The van der Waals surface area contributed by atoms with Gasteiger partial charge in [0.1, 0.15) is 0 Å². The SMILES string of the molecule is O=C(/C=C/c1ccc(O)c(O/C(=C\c2ccc(O)c(O)c2)C(=O)O)c1)OC(Cc1ccc(O)c(O)c1)C(=O)O. The zero-order valence-corrected chi connectivity index (χ0v) is 19.9. The molecule has 0 saturated heterocycles. The average molecular weight is 538 g/mol. The molecule has 1 atom stereocenters. The van der Waals surface area contributed by atoms with Gasteiger partial charge in [-0.2, -0.15) is 0 Å². The average Bonchev–Trinajstić information content (AvgIpc) is 2.87. The van der Waals surface area contributed by atoms with Gasteiger partial charge in [-0.1, -0.05) is 18.2 Å². The van der Waals surface area contributed by atoms with Crippen molar-refractivity contribution in [2.24, 2.45) is 0 Å². The number of ether oxygens (including phenoxy) is 2. The number of phenols is 5. The van der Waals surface area contributed by atoms with E-state index in [-0.39, 0.29) is 23.3 Å². The molecule has 0 saturated carbocycles. The van der Waals surface area contributed by atoms with Crippen LogP contribution >= 0.6 is 0 Å². The maximum Gasteiger partial charge on any atom is 0.371 e. The Hall–Kier alpha value is -5.65. The lowest BCUT2D eigenvalue weighted by atomic mass is 10.1. The molecule has 3 aromatic carbocycles. The lowest BCUT2D eigenvalue weighted by Crippen LogP contribution is -2.28. The summed E-state index contributed by atoms with van der Waals surface area (Å²) in [5, 5.41) is 66.9. The van der Waals surface area contributed by atoms with Gasteiger partial charge in [0.2, 0.25) is 11.9 Å². The quantitative estimate of drug-likeness (QED) is 0.0859. The Kier molecular flexibility index (Phi) is 8.64. The monoisotopic (exact) mass is 538 g/mol. The fourth-order valence-electron chi connectivity index (χ4n) is 3.18. The second-order valence-corrected chi connectivity index (χ2v) is 8.02. The number of hydrogen-bond acceptors (Lipinski definition) is 10. The number of hydrogen-bond donors (Lipinski definition) is 7. The number of carboxylic acids is 2. The van der Waals surface area contributed by atoms with Crippen molar-refractivity contribution in [3.8, 4) is 34.5 Å². The van der Waals surface area contributed by atoms with Crippen LogP contribution in [-0.2, 0) is 25.5 Å². The van der Waals surface area contributed by atoms with Crippen molar-refractivity contribution in [3.05, 3.63) is 83.1 Å². The molecule has 39 heavy (non-hydrogen) atoms. The number of aliphatic carboxylic acids is 2. The summed E-state index contributed by atoms with van der Waals surface area (Å²) in [5.74, 6) is -7.09. The number of esters is 1. The van der Waals surface area contributed by atoms with E-state index < -0.39 is 58.5 Å². The number of rotatable bonds is 10. The summed E-state index contributed by atoms with van der Waals surface area (Å²) < 4.78 is 10.3. The van der Waals surface area contributed by atoms with Gasteiger partial charge >= 0.3 is 17.9 Å². The van der Waals surface area contributed by atoms with Crippen molar-refractivity contribution in [2.75, 3.05) is 0 Å². The van der Waals surface area contributed by atoms with E-state index in [1.807, 2.05) is 0 Å². The van der Waals surface area contributed by atoms with Gasteiger partial charge in [-0.05, 0) is 65.2 Å². The van der Waals surface area contributed by atoms with E-state index in [0.717, 1.165) is 36.4 Å². The highest BCUT2D eigenvalue weighted by molar-refractivity contribution is 5.91. The summed E-state index contributed by atoms with van der Waals surface area (Å²) in [6.07, 6.45) is 1.27. The highest BCUT2D eigenvalue weighted by Gasteiger charge is 2.22. The van der Waals surface area contributed by atoms with E-state index >= 15 is 0 Å². The Bertz CT molecular complexity index is 1470. The summed E-state index contributed by atoms with van der Waals surface area (Å²) in [6, 6.07) is 11.0. The molecule has 12 heteroatoms. The summed E-state index contributed by atoms with van der Waals surface area (Å²) in [5.41, 5.74) is 0.721. The third-order valence-corrected chi connectivity index (χ3v) is 5.12. The molecule has 0 aromatic heterocycles. The number of carbonyl (C=O) groups is 3. The normalized spacial score (nSPS) is 12.2. The molecule has 0 radical (unpaired) electrons. The molecule has 12 nitrogen and oxygen atoms in total. The molecule has 0 heterocycles. The van der Waals surface area contributed by atoms with Crippen molar-refractivity contribution in [1.29, 1.82) is 0 Å². The summed E-state index contributed by atoms with van der Waals surface area (Å²) in [4.78, 5) is 35.4. The Labute approximate surface area is 220 Å². The molecule has 0 fully saturated rings. The van der Waals surface area contributed by atoms with Crippen LogP contribution in [0, 0.1) is 0 Å². The van der Waals surface area contributed by atoms with Crippen molar-refractivity contribution < 1.29 is 59.6 Å². The topological polar surface area (TPSA) is 211 Å². The van der Waals surface area contributed by atoms with Crippen LogP contribution in [-0.4, -0.2) is 59.8 Å². The lowest BCUT2D eigenvalue weighted by Gasteiger charge is -2.13. The van der Waals surface area contributed by atoms with Gasteiger partial charge in [-0.25, -0.2) is 14.4 Å². The molecule has 7 N–H and O–H groups in total. The second kappa shape index (κ2) is 12.1. The van der Waals surface area contributed by atoms with Crippen LogP contribution in [0.4, 0.5) is 0 Å². The highest BCUT2D eigenvalue weighted by Crippen LogP contribution is 2.31. The summed E-state index contributed by atoms with van der Waals surface area (Å²) in [7, 11) is 0. The molecule has 0 aliphatic rings. The van der Waals surface area contributed by atoms with Gasteiger partial charge in [0.25, 0.3) is 0 Å². The van der Waals surface area contributed by atoms with Crippen molar-refractivity contribution in [1.82, 2.24) is 0 Å². The van der Waals surface area contributed by atoms with E-state index in [2.05, 4.69) is 0 Å². The first-order chi connectivity index (χ1) is 18.4. The maximum atomic E-state index is 12.2. The van der Waals surface area contributed by atoms with Crippen molar-refractivity contribution in [3.63, 3.8) is 0 Å². The number of benzene rings is 3. The molecule has 0 aliphatic heterocycles. The molecule has 202 valence electrons. The minimum absolute atomic E-state index is 0.177. The Morgan fingerprint density at radius 1 is 0.744 bits per heavy atom. The smallest absolute Gasteiger partial charge is 0.371 e. The second-order valence-electron chi connectivity index (χ2n) is 8.02. The van der Waals surface area contributed by atoms with E-state index in [1.54, 1.807) is 0 Å². The van der Waals surface area contributed by atoms with Gasteiger partial charge in [-0.3, -0.25) is 0 Å². The third kappa shape index (κ3) is 7.67. The van der Waals surface area contributed by atoms with Crippen LogP contribution in [0.3, 0.4) is 0 Å². The van der Waals surface area contributed by atoms with E-state index in [4.69, 9.17) is 9.47 Å². The predicted octanol–water partition coefficient (Wildman–Crippen LogP) is 2.97. The van der Waals surface area contributed by atoms with Crippen molar-refractivity contribution in [2.45, 2.75) is 12.5 Å². The molecule has 3 rings (SSSR count). The molecule has 1 unspecified atom stereocenters. The molecule has 0 bridgehead atoms. The zero-order chi connectivity index (χ0) is 28.7. The first-order valence-electron chi connectivity index (χ1n) is 11.0. The standard InChI is InChI=1S/C27H22O12/c28-17-5-2-15(9-20(17)31)12-23(26(34)35)38-22-11-14(1-7-19(22)30)4-8-25(33)39-24(27(36)37)13-16-3-6-18(29)21(32)10-16/h1-12,24,28-32H,13H2,(H,34,35)(H,36,37)/b8-4+,23-12-. The Morgan fingerprint density at radius 3 is 1.97 bits per heavy atom. The van der Waals surface area contributed by atoms with E-state index in [1.165, 1.54) is 36.4 Å². The summed E-state index contributed by atoms with van der Waals surface area (Å²) >= 11 is 0. The highest BCUT2D eigenvalue weighted by atomic mass is 16.6. The maximum absolute atomic E-state index is 12.2. The van der Waals surface area contributed by atoms with E-state index in [0.29, 0.717) is 5.56 Å². The third-order valence-electron chi connectivity index (χ3n) is 5.12. The molecule has 0 aliphatic carbocycles. The zero-order valence-electron chi connectivity index (χ0n) is 19.9. The van der Waals surface area contributed by atoms with Gasteiger partial charge in [0.05, 0.1) is 0 Å². The molecule has 0 spiro atoms. The fraction of sp³-hybridized carbons (Fsp3) is 0.0741. The largest absolute Gasteiger partial charge is 0.504 e. The molecular formula is C27H22O12. The predicted molar refractivity (Wildman–Crippen MR) is 134 cm³/mol. The van der Waals surface area contributed by atoms with Crippen LogP contribution in [0.1, 0.15) is 16.7 Å². The lowest BCUT2D eigenvalue weighted by molar-refractivity contribution is -0.160. The van der Waals surface area contributed by atoms with Crippen LogP contribution in [0.15, 0.2) is 66.4 Å². The Balaban J connectivity index is 1.74. The molecule has 0 amide bonds. The first-order valence-corrected chi connectivity index (χ1v) is 11.0. The number of phenolic OH excluding ortho intramolecular Hbond substituents is 5. The summed E-state index contributed by atoms with van der Waals surface area (Å²) in [6.45, 7) is 0. The van der Waals surface area contributed by atoms with Crippen molar-refractivity contribution >= 4 is 30.1 Å². The van der Waals surface area contributed by atoms with Gasteiger partial charge in [-0.15, -0.1) is 0 Å². The number of carboxylic acid groups (broad SMARTS) is 2. The molecular weight excluding hydrogens is 516 g/mol. The van der Waals surface area contributed by atoms with Crippen LogP contribution < -0.4 is 4.74 Å². The van der Waals surface area contributed by atoms with Gasteiger partial charge < -0.3 is 45.2 Å². The Morgan fingerprint density at radius 2 is 1.36 bits per heavy atom. The minimum atomic E-state index is -1.60. The minimum Gasteiger partial charge on any atom is -0.504 e. The number of aromatic hydroxyl groups is 5.